The van der Waals surface area contributed by atoms with Crippen LogP contribution in [0.1, 0.15) is 24.2 Å². The fraction of sp³-hybridized carbons (Fsp3) is 0.417. The van der Waals surface area contributed by atoms with E-state index in [-0.39, 0.29) is 6.61 Å². The predicted octanol–water partition coefficient (Wildman–Crippen LogP) is 2.36. The fourth-order valence-electron chi connectivity index (χ4n) is 1.50. The molecule has 0 aliphatic rings. The second-order valence-corrected chi connectivity index (χ2v) is 4.26. The first-order valence-corrected chi connectivity index (χ1v) is 5.99. The molecule has 0 aromatic heterocycles. The van der Waals surface area contributed by atoms with E-state index in [9.17, 15) is 9.90 Å². The molecule has 17 heavy (non-hydrogen) atoms. The maximum atomic E-state index is 11.5. The van der Waals surface area contributed by atoms with E-state index in [1.807, 2.05) is 6.92 Å². The number of aliphatic hydroxyl groups is 1. The van der Waals surface area contributed by atoms with Gasteiger partial charge in [-0.2, -0.15) is 0 Å². The molecular formula is C12H15BrO4. The minimum atomic E-state index is -1.31. The van der Waals surface area contributed by atoms with Gasteiger partial charge in [-0.15, -0.1) is 0 Å². The molecule has 1 N–H and O–H groups in total. The number of ether oxygens (including phenoxy) is 2. The zero-order valence-electron chi connectivity index (χ0n) is 9.99. The number of carbonyl (C=O) groups excluding carboxylic acids is 1. The summed E-state index contributed by atoms with van der Waals surface area (Å²) >= 11 is 3.32. The van der Waals surface area contributed by atoms with Gasteiger partial charge in [-0.3, -0.25) is 0 Å². The third kappa shape index (κ3) is 2.98. The standard InChI is InChI=1S/C12H15BrO4/c1-4-17-12(15)11(14)9-7(2)5-6-8(16-3)10(9)13/h5-6,11,14H,4H2,1-3H3. The number of methoxy groups -OCH3 is 1. The fourth-order valence-corrected chi connectivity index (χ4v) is 2.33. The van der Waals surface area contributed by atoms with Crippen LogP contribution >= 0.6 is 15.9 Å². The van der Waals surface area contributed by atoms with Crippen molar-refractivity contribution in [2.24, 2.45) is 0 Å². The highest BCUT2D eigenvalue weighted by atomic mass is 79.9. The van der Waals surface area contributed by atoms with Gasteiger partial charge < -0.3 is 14.6 Å². The first-order valence-electron chi connectivity index (χ1n) is 5.20. The minimum Gasteiger partial charge on any atom is -0.496 e. The molecule has 1 aromatic carbocycles. The molecule has 4 nitrogen and oxygen atoms in total. The molecule has 1 rings (SSSR count). The van der Waals surface area contributed by atoms with Gasteiger partial charge in [-0.05, 0) is 41.4 Å². The summed E-state index contributed by atoms with van der Waals surface area (Å²) in [5, 5.41) is 9.94. The Morgan fingerprint density at radius 2 is 2.18 bits per heavy atom. The Balaban J connectivity index is 3.16. The minimum absolute atomic E-state index is 0.233. The Kier molecular flexibility index (Phi) is 4.96. The van der Waals surface area contributed by atoms with Gasteiger partial charge in [0.05, 0.1) is 18.2 Å². The molecule has 0 amide bonds. The SMILES string of the molecule is CCOC(=O)C(O)c1c(C)ccc(OC)c1Br. The summed E-state index contributed by atoms with van der Waals surface area (Å²) in [6.07, 6.45) is -1.31. The van der Waals surface area contributed by atoms with Crippen LogP contribution in [0, 0.1) is 6.92 Å². The second-order valence-electron chi connectivity index (χ2n) is 3.47. The van der Waals surface area contributed by atoms with Crippen molar-refractivity contribution in [1.82, 2.24) is 0 Å². The number of carbonyl (C=O) groups is 1. The lowest BCUT2D eigenvalue weighted by atomic mass is 10.0. The van der Waals surface area contributed by atoms with Gasteiger partial charge in [-0.25, -0.2) is 4.79 Å². The van der Waals surface area contributed by atoms with E-state index in [2.05, 4.69) is 15.9 Å². The normalized spacial score (nSPS) is 12.1. The number of halogens is 1. The van der Waals surface area contributed by atoms with Crippen LogP contribution in [0.25, 0.3) is 0 Å². The zero-order valence-corrected chi connectivity index (χ0v) is 11.6. The van der Waals surface area contributed by atoms with Gasteiger partial charge in [0.2, 0.25) is 0 Å². The molecule has 0 fully saturated rings. The van der Waals surface area contributed by atoms with Crippen LogP contribution in [-0.2, 0) is 9.53 Å². The topological polar surface area (TPSA) is 55.8 Å². The maximum Gasteiger partial charge on any atom is 0.339 e. The van der Waals surface area contributed by atoms with Crippen molar-refractivity contribution in [2.45, 2.75) is 20.0 Å². The molecule has 0 heterocycles. The van der Waals surface area contributed by atoms with Crippen molar-refractivity contribution < 1.29 is 19.4 Å². The molecule has 94 valence electrons. The average Bonchev–Trinajstić information content (AvgIpc) is 2.29. The number of esters is 1. The molecule has 0 aliphatic carbocycles. The van der Waals surface area contributed by atoms with Crippen molar-refractivity contribution in [1.29, 1.82) is 0 Å². The predicted molar refractivity (Wildman–Crippen MR) is 67.0 cm³/mol. The van der Waals surface area contributed by atoms with Crippen LogP contribution in [0.4, 0.5) is 0 Å². The van der Waals surface area contributed by atoms with E-state index in [0.29, 0.717) is 15.8 Å². The highest BCUT2D eigenvalue weighted by molar-refractivity contribution is 9.10. The van der Waals surface area contributed by atoms with E-state index in [1.165, 1.54) is 7.11 Å². The molecule has 0 saturated carbocycles. The summed E-state index contributed by atoms with van der Waals surface area (Å²) in [7, 11) is 1.52. The van der Waals surface area contributed by atoms with Gasteiger partial charge in [0.1, 0.15) is 5.75 Å². The van der Waals surface area contributed by atoms with Crippen LogP contribution in [0.3, 0.4) is 0 Å². The summed E-state index contributed by atoms with van der Waals surface area (Å²) in [5.41, 5.74) is 1.26. The Morgan fingerprint density at radius 3 is 2.71 bits per heavy atom. The van der Waals surface area contributed by atoms with E-state index < -0.39 is 12.1 Å². The van der Waals surface area contributed by atoms with Crippen LogP contribution in [0.15, 0.2) is 16.6 Å². The van der Waals surface area contributed by atoms with Gasteiger partial charge in [-0.1, -0.05) is 6.07 Å². The maximum absolute atomic E-state index is 11.5. The van der Waals surface area contributed by atoms with E-state index in [4.69, 9.17) is 9.47 Å². The zero-order chi connectivity index (χ0) is 13.0. The summed E-state index contributed by atoms with van der Waals surface area (Å²) in [6.45, 7) is 3.73. The van der Waals surface area contributed by atoms with E-state index in [0.717, 1.165) is 5.56 Å². The van der Waals surface area contributed by atoms with Crippen molar-refractivity contribution in [2.75, 3.05) is 13.7 Å². The first kappa shape index (κ1) is 14.0. The highest BCUT2D eigenvalue weighted by Gasteiger charge is 2.24. The van der Waals surface area contributed by atoms with Gasteiger partial charge in [0.25, 0.3) is 0 Å². The molecule has 0 radical (unpaired) electrons. The van der Waals surface area contributed by atoms with Crippen molar-refractivity contribution >= 4 is 21.9 Å². The summed E-state index contributed by atoms with van der Waals surface area (Å²) in [5.74, 6) is -0.0986. The van der Waals surface area contributed by atoms with Crippen LogP contribution in [0.2, 0.25) is 0 Å². The number of hydrogen-bond donors (Lipinski definition) is 1. The molecule has 1 unspecified atom stereocenters. The average molecular weight is 303 g/mol. The van der Waals surface area contributed by atoms with Crippen molar-refractivity contribution in [3.8, 4) is 5.75 Å². The highest BCUT2D eigenvalue weighted by Crippen LogP contribution is 2.35. The van der Waals surface area contributed by atoms with Crippen LogP contribution < -0.4 is 4.74 Å². The lowest BCUT2D eigenvalue weighted by Crippen LogP contribution is -2.17. The summed E-state index contributed by atoms with van der Waals surface area (Å²) in [4.78, 5) is 11.5. The van der Waals surface area contributed by atoms with Crippen LogP contribution in [-0.4, -0.2) is 24.8 Å². The Bertz CT molecular complexity index is 417. The summed E-state index contributed by atoms with van der Waals surface area (Å²) < 4.78 is 10.5. The molecule has 1 aromatic rings. The van der Waals surface area contributed by atoms with E-state index >= 15 is 0 Å². The number of hydrogen-bond acceptors (Lipinski definition) is 4. The molecular weight excluding hydrogens is 288 g/mol. The lowest BCUT2D eigenvalue weighted by Gasteiger charge is -2.16. The summed E-state index contributed by atoms with van der Waals surface area (Å²) in [6, 6.07) is 3.54. The molecule has 1 atom stereocenters. The van der Waals surface area contributed by atoms with Crippen molar-refractivity contribution in [3.05, 3.63) is 27.7 Å². The molecule has 5 heteroatoms. The van der Waals surface area contributed by atoms with Gasteiger partial charge in [0.15, 0.2) is 6.10 Å². The second kappa shape index (κ2) is 6.02. The number of aliphatic hydroxyl groups excluding tert-OH is 1. The van der Waals surface area contributed by atoms with Gasteiger partial charge >= 0.3 is 5.97 Å². The van der Waals surface area contributed by atoms with E-state index in [1.54, 1.807) is 19.1 Å². The number of aryl methyl sites for hydroxylation is 1. The first-order chi connectivity index (χ1) is 8.02. The number of benzene rings is 1. The third-order valence-electron chi connectivity index (χ3n) is 2.37. The Hall–Kier alpha value is -1.07. The largest absolute Gasteiger partial charge is 0.496 e. The molecule has 0 saturated heterocycles. The lowest BCUT2D eigenvalue weighted by molar-refractivity contribution is -0.153. The monoisotopic (exact) mass is 302 g/mol. The molecule has 0 aliphatic heterocycles. The van der Waals surface area contributed by atoms with Gasteiger partial charge in [0, 0.05) is 5.56 Å². The Morgan fingerprint density at radius 1 is 1.53 bits per heavy atom. The number of rotatable bonds is 4. The molecule has 0 spiro atoms. The van der Waals surface area contributed by atoms with Crippen molar-refractivity contribution in [3.63, 3.8) is 0 Å². The van der Waals surface area contributed by atoms with Crippen LogP contribution in [0.5, 0.6) is 5.75 Å². The molecule has 0 bridgehead atoms. The smallest absolute Gasteiger partial charge is 0.339 e. The Labute approximate surface area is 109 Å². The quantitative estimate of drug-likeness (QED) is 0.868. The third-order valence-corrected chi connectivity index (χ3v) is 3.18.